The molecular formula is C21H24N2O7. The van der Waals surface area contributed by atoms with Crippen LogP contribution >= 0.6 is 0 Å². The van der Waals surface area contributed by atoms with E-state index >= 15 is 0 Å². The number of methoxy groups -OCH3 is 3. The molecule has 0 heterocycles. The van der Waals surface area contributed by atoms with E-state index in [4.69, 9.17) is 18.9 Å². The molecule has 0 aromatic heterocycles. The van der Waals surface area contributed by atoms with Crippen molar-refractivity contribution in [2.45, 2.75) is 20.0 Å². The summed E-state index contributed by atoms with van der Waals surface area (Å²) in [6.45, 7) is 2.85. The molecule has 2 aromatic carbocycles. The topological polar surface area (TPSA) is 112 Å². The first-order chi connectivity index (χ1) is 14.3. The normalized spacial score (nSPS) is 11.1. The highest BCUT2D eigenvalue weighted by Crippen LogP contribution is 2.40. The molecule has 160 valence electrons. The second-order valence-electron chi connectivity index (χ2n) is 6.18. The van der Waals surface area contributed by atoms with Crippen molar-refractivity contribution in [2.24, 2.45) is 0 Å². The zero-order valence-electron chi connectivity index (χ0n) is 17.4. The molecule has 2 aromatic rings. The highest BCUT2D eigenvalue weighted by atomic mass is 16.6. The van der Waals surface area contributed by atoms with Gasteiger partial charge in [0.15, 0.2) is 17.6 Å². The van der Waals surface area contributed by atoms with Crippen LogP contribution in [0.3, 0.4) is 0 Å². The zero-order valence-corrected chi connectivity index (χ0v) is 17.4. The molecule has 1 atom stereocenters. The minimum Gasteiger partial charge on any atom is -0.493 e. The summed E-state index contributed by atoms with van der Waals surface area (Å²) in [5.74, 6) is -0.697. The van der Waals surface area contributed by atoms with Gasteiger partial charge in [-0.3, -0.25) is 9.59 Å². The Morgan fingerprint density at radius 3 is 1.87 bits per heavy atom. The lowest BCUT2D eigenvalue weighted by molar-refractivity contribution is -0.123. The molecule has 0 saturated carbocycles. The van der Waals surface area contributed by atoms with Crippen LogP contribution in [0.4, 0.5) is 11.4 Å². The third-order valence-electron chi connectivity index (χ3n) is 4.05. The average Bonchev–Trinajstić information content (AvgIpc) is 2.73. The number of esters is 1. The van der Waals surface area contributed by atoms with E-state index in [-0.39, 0.29) is 23.0 Å². The Balaban J connectivity index is 2.08. The Kier molecular flexibility index (Phi) is 7.62. The maximum atomic E-state index is 12.6. The van der Waals surface area contributed by atoms with Crippen LogP contribution < -0.4 is 24.8 Å². The van der Waals surface area contributed by atoms with Gasteiger partial charge in [0.05, 0.1) is 21.3 Å². The Labute approximate surface area is 174 Å². The number of amides is 2. The van der Waals surface area contributed by atoms with Crippen LogP contribution in [0.5, 0.6) is 17.2 Å². The molecule has 0 fully saturated rings. The maximum absolute atomic E-state index is 12.6. The number of nitrogens with one attached hydrogen (secondary N) is 2. The first-order valence-electron chi connectivity index (χ1n) is 8.99. The van der Waals surface area contributed by atoms with Crippen LogP contribution in [-0.2, 0) is 14.3 Å². The van der Waals surface area contributed by atoms with Crippen molar-refractivity contribution in [1.82, 2.24) is 0 Å². The Morgan fingerprint density at radius 1 is 0.800 bits per heavy atom. The molecule has 2 amide bonds. The van der Waals surface area contributed by atoms with E-state index in [1.165, 1.54) is 41.2 Å². The van der Waals surface area contributed by atoms with E-state index in [1.807, 2.05) is 0 Å². The molecule has 2 rings (SSSR count). The lowest BCUT2D eigenvalue weighted by Crippen LogP contribution is -2.30. The highest BCUT2D eigenvalue weighted by Gasteiger charge is 2.25. The first-order valence-corrected chi connectivity index (χ1v) is 8.99. The molecule has 9 nitrogen and oxygen atoms in total. The highest BCUT2D eigenvalue weighted by molar-refractivity contribution is 5.99. The van der Waals surface area contributed by atoms with Gasteiger partial charge in [0.2, 0.25) is 11.7 Å². The summed E-state index contributed by atoms with van der Waals surface area (Å²) in [6, 6.07) is 9.53. The Bertz CT molecular complexity index is 926. The smallest absolute Gasteiger partial charge is 0.342 e. The number of carbonyl (C=O) groups excluding carboxylic acids is 3. The molecule has 30 heavy (non-hydrogen) atoms. The van der Waals surface area contributed by atoms with Crippen LogP contribution in [0, 0.1) is 0 Å². The average molecular weight is 416 g/mol. The standard InChI is InChI=1S/C21H24N2O7/c1-12(20(25)23-15-8-6-14(7-9-15)22-13(2)24)30-21(26)16-10-11-17(27-3)19(29-5)18(16)28-4/h6-12H,1-5H3,(H,22,24)(H,23,25)/t12-/m1/s1. The van der Waals surface area contributed by atoms with Crippen molar-refractivity contribution in [1.29, 1.82) is 0 Å². The van der Waals surface area contributed by atoms with Gasteiger partial charge in [-0.1, -0.05) is 0 Å². The second kappa shape index (κ2) is 10.1. The number of rotatable bonds is 8. The van der Waals surface area contributed by atoms with Crippen LogP contribution in [0.1, 0.15) is 24.2 Å². The van der Waals surface area contributed by atoms with Crippen molar-refractivity contribution >= 4 is 29.2 Å². The number of anilines is 2. The van der Waals surface area contributed by atoms with Gasteiger partial charge in [-0.2, -0.15) is 0 Å². The summed E-state index contributed by atoms with van der Waals surface area (Å²) in [6.07, 6.45) is -1.08. The fourth-order valence-corrected chi connectivity index (χ4v) is 2.62. The van der Waals surface area contributed by atoms with Gasteiger partial charge in [-0.05, 0) is 43.3 Å². The van der Waals surface area contributed by atoms with Gasteiger partial charge in [0, 0.05) is 18.3 Å². The molecule has 0 saturated heterocycles. The SMILES string of the molecule is COc1ccc(C(=O)O[C@H](C)C(=O)Nc2ccc(NC(C)=O)cc2)c(OC)c1OC. The monoisotopic (exact) mass is 416 g/mol. The number of hydrogen-bond acceptors (Lipinski definition) is 7. The van der Waals surface area contributed by atoms with Gasteiger partial charge in [0.25, 0.3) is 5.91 Å². The van der Waals surface area contributed by atoms with Crippen molar-refractivity contribution in [2.75, 3.05) is 32.0 Å². The van der Waals surface area contributed by atoms with Crippen LogP contribution in [-0.4, -0.2) is 45.2 Å². The fourth-order valence-electron chi connectivity index (χ4n) is 2.62. The van der Waals surface area contributed by atoms with Gasteiger partial charge in [-0.15, -0.1) is 0 Å². The van der Waals surface area contributed by atoms with Gasteiger partial charge in [-0.25, -0.2) is 4.79 Å². The molecule has 2 N–H and O–H groups in total. The second-order valence-corrected chi connectivity index (χ2v) is 6.18. The van der Waals surface area contributed by atoms with Crippen LogP contribution in [0.25, 0.3) is 0 Å². The number of hydrogen-bond donors (Lipinski definition) is 2. The van der Waals surface area contributed by atoms with E-state index in [1.54, 1.807) is 30.3 Å². The van der Waals surface area contributed by atoms with Gasteiger partial charge >= 0.3 is 5.97 Å². The summed E-state index contributed by atoms with van der Waals surface area (Å²) < 4.78 is 21.0. The third-order valence-corrected chi connectivity index (χ3v) is 4.05. The molecule has 0 radical (unpaired) electrons. The van der Waals surface area contributed by atoms with Crippen LogP contribution in [0.15, 0.2) is 36.4 Å². The molecule has 0 unspecified atom stereocenters. The predicted molar refractivity (Wildman–Crippen MR) is 110 cm³/mol. The van der Waals surface area contributed by atoms with E-state index in [0.717, 1.165) is 0 Å². The van der Waals surface area contributed by atoms with Crippen molar-refractivity contribution in [3.05, 3.63) is 42.0 Å². The zero-order chi connectivity index (χ0) is 22.3. The van der Waals surface area contributed by atoms with E-state index in [2.05, 4.69) is 10.6 Å². The largest absolute Gasteiger partial charge is 0.493 e. The first kappa shape index (κ1) is 22.5. The summed E-state index contributed by atoms with van der Waals surface area (Å²) >= 11 is 0. The maximum Gasteiger partial charge on any atom is 0.342 e. The number of carbonyl (C=O) groups is 3. The van der Waals surface area contributed by atoms with Crippen molar-refractivity contribution < 1.29 is 33.3 Å². The van der Waals surface area contributed by atoms with Crippen molar-refractivity contribution in [3.8, 4) is 17.2 Å². The minimum atomic E-state index is -1.08. The Morgan fingerprint density at radius 2 is 1.37 bits per heavy atom. The van der Waals surface area contributed by atoms with E-state index in [9.17, 15) is 14.4 Å². The van der Waals surface area contributed by atoms with Crippen molar-refractivity contribution in [3.63, 3.8) is 0 Å². The predicted octanol–water partition coefficient (Wildman–Crippen LogP) is 2.85. The van der Waals surface area contributed by atoms with Gasteiger partial charge < -0.3 is 29.6 Å². The molecule has 0 aliphatic carbocycles. The summed E-state index contributed by atoms with van der Waals surface area (Å²) in [5, 5.41) is 5.27. The summed E-state index contributed by atoms with van der Waals surface area (Å²) in [5.41, 5.74) is 1.18. The third kappa shape index (κ3) is 5.40. The number of benzene rings is 2. The molecular weight excluding hydrogens is 392 g/mol. The van der Waals surface area contributed by atoms with Gasteiger partial charge in [0.1, 0.15) is 5.56 Å². The van der Waals surface area contributed by atoms with Crippen LogP contribution in [0.2, 0.25) is 0 Å². The Hall–Kier alpha value is -3.75. The molecule has 0 aliphatic rings. The molecule has 0 aliphatic heterocycles. The molecule has 0 spiro atoms. The fraction of sp³-hybridized carbons (Fsp3) is 0.286. The quantitative estimate of drug-likeness (QED) is 0.636. The minimum absolute atomic E-state index is 0.0921. The lowest BCUT2D eigenvalue weighted by atomic mass is 10.1. The van der Waals surface area contributed by atoms with E-state index < -0.39 is 18.0 Å². The summed E-state index contributed by atoms with van der Waals surface area (Å²) in [4.78, 5) is 36.0. The molecule has 0 bridgehead atoms. The lowest BCUT2D eigenvalue weighted by Gasteiger charge is -2.17. The number of ether oxygens (including phenoxy) is 4. The van der Waals surface area contributed by atoms with E-state index in [0.29, 0.717) is 17.1 Å². The molecule has 9 heteroatoms. The summed E-state index contributed by atoms with van der Waals surface area (Å²) in [7, 11) is 4.27.